The number of nitrogens with zero attached hydrogens (tertiary/aromatic N) is 3. The van der Waals surface area contributed by atoms with E-state index in [1.807, 2.05) is 6.92 Å². The lowest BCUT2D eigenvalue weighted by atomic mass is 10.2. The predicted molar refractivity (Wildman–Crippen MR) is 69.2 cm³/mol. The minimum Gasteiger partial charge on any atom is -0.302 e. The fourth-order valence-electron chi connectivity index (χ4n) is 1.45. The van der Waals surface area contributed by atoms with E-state index >= 15 is 0 Å². The second kappa shape index (κ2) is 5.97. The van der Waals surface area contributed by atoms with Crippen molar-refractivity contribution in [3.8, 4) is 0 Å². The SMILES string of the molecule is C[C@@H](NCc1ncc(Br)cc1F)c1ncccn1. The fraction of sp³-hybridized carbons (Fsp3) is 0.250. The summed E-state index contributed by atoms with van der Waals surface area (Å²) in [5.41, 5.74) is 0.376. The van der Waals surface area contributed by atoms with E-state index in [-0.39, 0.29) is 11.9 Å². The molecule has 2 aromatic rings. The Morgan fingerprint density at radius 3 is 2.72 bits per heavy atom. The second-order valence-electron chi connectivity index (χ2n) is 3.79. The molecule has 0 unspecified atom stereocenters. The molecule has 18 heavy (non-hydrogen) atoms. The summed E-state index contributed by atoms with van der Waals surface area (Å²) in [6, 6.07) is 3.09. The highest BCUT2D eigenvalue weighted by atomic mass is 79.9. The number of rotatable bonds is 4. The van der Waals surface area contributed by atoms with Gasteiger partial charge < -0.3 is 5.32 Å². The lowest BCUT2D eigenvalue weighted by Crippen LogP contribution is -2.21. The highest BCUT2D eigenvalue weighted by Gasteiger charge is 2.10. The van der Waals surface area contributed by atoms with Crippen molar-refractivity contribution >= 4 is 15.9 Å². The zero-order chi connectivity index (χ0) is 13.0. The van der Waals surface area contributed by atoms with E-state index < -0.39 is 0 Å². The average molecular weight is 311 g/mol. The van der Waals surface area contributed by atoms with Crippen molar-refractivity contribution in [3.63, 3.8) is 0 Å². The Labute approximate surface area is 113 Å². The van der Waals surface area contributed by atoms with Crippen LogP contribution in [-0.2, 0) is 6.54 Å². The Hall–Kier alpha value is -1.40. The normalized spacial score (nSPS) is 12.4. The van der Waals surface area contributed by atoms with Gasteiger partial charge in [-0.25, -0.2) is 14.4 Å². The molecule has 0 aromatic carbocycles. The van der Waals surface area contributed by atoms with E-state index in [4.69, 9.17) is 0 Å². The van der Waals surface area contributed by atoms with E-state index in [1.165, 1.54) is 6.07 Å². The van der Waals surface area contributed by atoms with Crippen LogP contribution in [0.3, 0.4) is 0 Å². The van der Waals surface area contributed by atoms with Crippen LogP contribution in [0.1, 0.15) is 24.5 Å². The molecule has 0 saturated heterocycles. The van der Waals surface area contributed by atoms with E-state index in [9.17, 15) is 4.39 Å². The first kappa shape index (κ1) is 13.0. The number of aromatic nitrogens is 3. The lowest BCUT2D eigenvalue weighted by Gasteiger charge is -2.12. The van der Waals surface area contributed by atoms with Crippen molar-refractivity contribution in [2.45, 2.75) is 19.5 Å². The summed E-state index contributed by atoms with van der Waals surface area (Å²) in [5.74, 6) is 0.341. The van der Waals surface area contributed by atoms with Crippen molar-refractivity contribution in [1.82, 2.24) is 20.3 Å². The van der Waals surface area contributed by atoms with Gasteiger partial charge in [-0.3, -0.25) is 4.98 Å². The maximum atomic E-state index is 13.5. The molecule has 0 aliphatic heterocycles. The van der Waals surface area contributed by atoms with Crippen LogP contribution in [0.5, 0.6) is 0 Å². The summed E-state index contributed by atoms with van der Waals surface area (Å²) in [7, 11) is 0. The van der Waals surface area contributed by atoms with Crippen molar-refractivity contribution in [2.24, 2.45) is 0 Å². The molecule has 0 aliphatic carbocycles. The van der Waals surface area contributed by atoms with Gasteiger partial charge in [0, 0.05) is 29.6 Å². The first-order valence-electron chi connectivity index (χ1n) is 5.47. The maximum absolute atomic E-state index is 13.5. The van der Waals surface area contributed by atoms with Gasteiger partial charge in [0.15, 0.2) is 0 Å². The van der Waals surface area contributed by atoms with Gasteiger partial charge in [-0.2, -0.15) is 0 Å². The van der Waals surface area contributed by atoms with Gasteiger partial charge >= 0.3 is 0 Å². The van der Waals surface area contributed by atoms with Gasteiger partial charge in [0.25, 0.3) is 0 Å². The first-order valence-corrected chi connectivity index (χ1v) is 6.26. The summed E-state index contributed by atoms with van der Waals surface area (Å²) in [5, 5.41) is 3.13. The molecule has 94 valence electrons. The van der Waals surface area contributed by atoms with Crippen LogP contribution in [0.15, 0.2) is 35.2 Å². The van der Waals surface area contributed by atoms with Crippen LogP contribution in [0.25, 0.3) is 0 Å². The third-order valence-electron chi connectivity index (χ3n) is 2.43. The summed E-state index contributed by atoms with van der Waals surface area (Å²) in [6.07, 6.45) is 4.93. The maximum Gasteiger partial charge on any atom is 0.147 e. The Morgan fingerprint density at radius 1 is 1.33 bits per heavy atom. The van der Waals surface area contributed by atoms with Crippen LogP contribution >= 0.6 is 15.9 Å². The van der Waals surface area contributed by atoms with Crippen molar-refractivity contribution in [3.05, 3.63) is 52.5 Å². The zero-order valence-electron chi connectivity index (χ0n) is 9.77. The van der Waals surface area contributed by atoms with Crippen molar-refractivity contribution in [2.75, 3.05) is 0 Å². The summed E-state index contributed by atoms with van der Waals surface area (Å²) in [6.45, 7) is 2.25. The van der Waals surface area contributed by atoms with E-state index in [0.29, 0.717) is 22.5 Å². The highest BCUT2D eigenvalue weighted by molar-refractivity contribution is 9.10. The van der Waals surface area contributed by atoms with Crippen molar-refractivity contribution in [1.29, 1.82) is 0 Å². The van der Waals surface area contributed by atoms with Crippen LogP contribution < -0.4 is 5.32 Å². The third kappa shape index (κ3) is 3.30. The molecule has 6 heteroatoms. The molecule has 0 bridgehead atoms. The Morgan fingerprint density at radius 2 is 2.06 bits per heavy atom. The molecule has 0 saturated carbocycles. The van der Waals surface area contributed by atoms with Gasteiger partial charge in [0.1, 0.15) is 11.6 Å². The molecule has 1 atom stereocenters. The van der Waals surface area contributed by atoms with Crippen molar-refractivity contribution < 1.29 is 4.39 Å². The standard InChI is InChI=1S/C12H12BrFN4/c1-8(12-15-3-2-4-16-12)17-7-11-10(14)5-9(13)6-18-11/h2-6,8,17H,7H2,1H3/t8-/m1/s1. The first-order chi connectivity index (χ1) is 8.66. The Bertz CT molecular complexity index is 521. The molecule has 2 rings (SSSR count). The van der Waals surface area contributed by atoms with E-state index in [2.05, 4.69) is 36.2 Å². The molecule has 0 spiro atoms. The largest absolute Gasteiger partial charge is 0.302 e. The third-order valence-corrected chi connectivity index (χ3v) is 2.87. The predicted octanol–water partition coefficient (Wildman–Crippen LogP) is 2.62. The molecular weight excluding hydrogens is 299 g/mol. The second-order valence-corrected chi connectivity index (χ2v) is 4.71. The summed E-state index contributed by atoms with van der Waals surface area (Å²) >= 11 is 3.17. The number of halogens is 2. The van der Waals surface area contributed by atoms with E-state index in [0.717, 1.165) is 0 Å². The molecule has 0 fully saturated rings. The molecule has 0 radical (unpaired) electrons. The van der Waals surface area contributed by atoms with Gasteiger partial charge in [-0.1, -0.05) is 0 Å². The molecule has 0 aliphatic rings. The molecule has 0 amide bonds. The van der Waals surface area contributed by atoms with Crippen LogP contribution in [0.2, 0.25) is 0 Å². The number of nitrogens with one attached hydrogen (secondary N) is 1. The summed E-state index contributed by atoms with van der Waals surface area (Å²) in [4.78, 5) is 12.3. The minimum absolute atomic E-state index is 0.0592. The van der Waals surface area contributed by atoms with Gasteiger partial charge in [-0.05, 0) is 35.0 Å². The zero-order valence-corrected chi connectivity index (χ0v) is 11.4. The topological polar surface area (TPSA) is 50.7 Å². The Balaban J connectivity index is 1.99. The number of hydrogen-bond donors (Lipinski definition) is 1. The molecule has 1 N–H and O–H groups in total. The van der Waals surface area contributed by atoms with Gasteiger partial charge in [0.05, 0.1) is 11.7 Å². The number of hydrogen-bond acceptors (Lipinski definition) is 4. The Kier molecular flexibility index (Phi) is 4.33. The lowest BCUT2D eigenvalue weighted by molar-refractivity contribution is 0.515. The van der Waals surface area contributed by atoms with Crippen LogP contribution in [0, 0.1) is 5.82 Å². The summed E-state index contributed by atoms with van der Waals surface area (Å²) < 4.78 is 14.2. The highest BCUT2D eigenvalue weighted by Crippen LogP contribution is 2.13. The molecule has 2 aromatic heterocycles. The quantitative estimate of drug-likeness (QED) is 0.943. The average Bonchev–Trinajstić information content (AvgIpc) is 2.38. The number of pyridine rings is 1. The van der Waals surface area contributed by atoms with Gasteiger partial charge in [0.2, 0.25) is 0 Å². The molecule has 2 heterocycles. The minimum atomic E-state index is -0.335. The van der Waals surface area contributed by atoms with Crippen LogP contribution in [0.4, 0.5) is 4.39 Å². The smallest absolute Gasteiger partial charge is 0.147 e. The molecule has 4 nitrogen and oxygen atoms in total. The van der Waals surface area contributed by atoms with Gasteiger partial charge in [-0.15, -0.1) is 0 Å². The van der Waals surface area contributed by atoms with Crippen LogP contribution in [-0.4, -0.2) is 15.0 Å². The molecular formula is C12H12BrFN4. The van der Waals surface area contributed by atoms with E-state index in [1.54, 1.807) is 24.7 Å². The monoisotopic (exact) mass is 310 g/mol. The fourth-order valence-corrected chi connectivity index (χ4v) is 1.75.